The van der Waals surface area contributed by atoms with Gasteiger partial charge < -0.3 is 9.84 Å². The molecule has 1 atom stereocenters. The highest BCUT2D eigenvalue weighted by molar-refractivity contribution is 5.88. The van der Waals surface area contributed by atoms with Crippen molar-refractivity contribution in [2.24, 2.45) is 7.05 Å². The lowest BCUT2D eigenvalue weighted by Crippen LogP contribution is -2.23. The van der Waals surface area contributed by atoms with Gasteiger partial charge in [-0.3, -0.25) is 4.68 Å². The van der Waals surface area contributed by atoms with Crippen molar-refractivity contribution in [1.29, 1.82) is 0 Å². The third-order valence-corrected chi connectivity index (χ3v) is 5.40. The Kier molecular flexibility index (Phi) is 4.52. The van der Waals surface area contributed by atoms with Crippen molar-refractivity contribution in [2.75, 3.05) is 13.2 Å². The molecule has 4 aromatic rings. The Morgan fingerprint density at radius 2 is 2.03 bits per heavy atom. The molecule has 5 rings (SSSR count). The van der Waals surface area contributed by atoms with E-state index in [2.05, 4.69) is 46.6 Å². The van der Waals surface area contributed by atoms with Gasteiger partial charge in [-0.25, -0.2) is 4.98 Å². The van der Waals surface area contributed by atoms with E-state index in [1.807, 2.05) is 24.0 Å². The van der Waals surface area contributed by atoms with E-state index in [1.54, 1.807) is 4.68 Å². The van der Waals surface area contributed by atoms with Crippen molar-refractivity contribution in [3.63, 3.8) is 0 Å². The second kappa shape index (κ2) is 7.33. The number of benzene rings is 2. The quantitative estimate of drug-likeness (QED) is 0.568. The van der Waals surface area contributed by atoms with Crippen LogP contribution in [0.1, 0.15) is 29.6 Å². The largest absolute Gasteiger partial charge is 0.493 e. The van der Waals surface area contributed by atoms with Crippen molar-refractivity contribution < 1.29 is 9.84 Å². The summed E-state index contributed by atoms with van der Waals surface area (Å²) in [7, 11) is 1.89. The fraction of sp³-hybridized carbons (Fsp3) is 0.318. The molecule has 1 unspecified atom stereocenters. The van der Waals surface area contributed by atoms with E-state index < -0.39 is 0 Å². The van der Waals surface area contributed by atoms with E-state index in [0.717, 1.165) is 29.6 Å². The van der Waals surface area contributed by atoms with Crippen LogP contribution in [-0.2, 0) is 19.9 Å². The van der Waals surface area contributed by atoms with Crippen LogP contribution >= 0.6 is 0 Å². The second-order valence-corrected chi connectivity index (χ2v) is 7.45. The number of hydrogen-bond acceptors (Lipinski definition) is 5. The maximum Gasteiger partial charge on any atom is 0.177 e. The molecular formula is C22H23N5O2. The lowest BCUT2D eigenvalue weighted by Gasteiger charge is -2.26. The zero-order chi connectivity index (χ0) is 19.8. The van der Waals surface area contributed by atoms with Crippen LogP contribution in [0.15, 0.2) is 48.7 Å². The lowest BCUT2D eigenvalue weighted by molar-refractivity contribution is 0.257. The van der Waals surface area contributed by atoms with Gasteiger partial charge in [0, 0.05) is 37.9 Å². The first-order chi connectivity index (χ1) is 14.2. The molecule has 0 saturated heterocycles. The van der Waals surface area contributed by atoms with Gasteiger partial charge in [0.2, 0.25) is 0 Å². The Hall–Kier alpha value is -3.19. The first-order valence-electron chi connectivity index (χ1n) is 9.93. The molecule has 2 aromatic heterocycles. The Morgan fingerprint density at radius 1 is 1.14 bits per heavy atom. The molecule has 0 bridgehead atoms. The fourth-order valence-corrected chi connectivity index (χ4v) is 3.98. The summed E-state index contributed by atoms with van der Waals surface area (Å²) in [5.74, 6) is 3.35. The Balaban J connectivity index is 1.56. The molecule has 0 saturated carbocycles. The van der Waals surface area contributed by atoms with Gasteiger partial charge in [0.25, 0.3) is 0 Å². The monoisotopic (exact) mass is 389 g/mol. The number of aromatic nitrogens is 5. The second-order valence-electron chi connectivity index (χ2n) is 7.45. The third-order valence-electron chi connectivity index (χ3n) is 5.40. The summed E-state index contributed by atoms with van der Waals surface area (Å²) in [4.78, 5) is 4.82. The molecule has 1 aliphatic heterocycles. The van der Waals surface area contributed by atoms with Crippen molar-refractivity contribution in [3.8, 4) is 11.6 Å². The lowest BCUT2D eigenvalue weighted by atomic mass is 9.92. The van der Waals surface area contributed by atoms with Gasteiger partial charge in [0.05, 0.1) is 12.5 Å². The average molecular weight is 389 g/mol. The van der Waals surface area contributed by atoms with Crippen LogP contribution in [0, 0.1) is 0 Å². The molecule has 1 aliphatic rings. The van der Waals surface area contributed by atoms with Crippen molar-refractivity contribution >= 4 is 10.8 Å². The van der Waals surface area contributed by atoms with Gasteiger partial charge in [0.1, 0.15) is 11.6 Å². The molecule has 0 fully saturated rings. The van der Waals surface area contributed by atoms with Crippen molar-refractivity contribution in [3.05, 3.63) is 65.9 Å². The maximum atomic E-state index is 9.18. The van der Waals surface area contributed by atoms with Crippen molar-refractivity contribution in [1.82, 2.24) is 24.5 Å². The van der Waals surface area contributed by atoms with Gasteiger partial charge in [-0.15, -0.1) is 5.10 Å². The summed E-state index contributed by atoms with van der Waals surface area (Å²) in [6.45, 7) is 0.676. The summed E-state index contributed by atoms with van der Waals surface area (Å²) in [5.41, 5.74) is 1.21. The summed E-state index contributed by atoms with van der Waals surface area (Å²) >= 11 is 0. The van der Waals surface area contributed by atoms with Gasteiger partial charge in [-0.2, -0.15) is 9.78 Å². The first-order valence-corrected chi connectivity index (χ1v) is 9.93. The number of fused-ring (bicyclic) bond motifs is 3. The highest BCUT2D eigenvalue weighted by Gasteiger charge is 2.28. The number of aryl methyl sites for hydroxylation is 2. The zero-order valence-corrected chi connectivity index (χ0v) is 16.3. The van der Waals surface area contributed by atoms with Gasteiger partial charge in [-0.1, -0.05) is 30.3 Å². The van der Waals surface area contributed by atoms with Crippen LogP contribution in [0.5, 0.6) is 5.75 Å². The van der Waals surface area contributed by atoms with Crippen molar-refractivity contribution in [2.45, 2.75) is 25.2 Å². The molecule has 7 heteroatoms. The summed E-state index contributed by atoms with van der Waals surface area (Å²) in [6, 6.07) is 14.5. The number of rotatable bonds is 5. The maximum absolute atomic E-state index is 9.18. The Labute approximate surface area is 168 Å². The van der Waals surface area contributed by atoms with Crippen LogP contribution in [-0.4, -0.2) is 42.9 Å². The predicted octanol–water partition coefficient (Wildman–Crippen LogP) is 2.80. The molecule has 7 nitrogen and oxygen atoms in total. The molecule has 1 N–H and O–H groups in total. The Morgan fingerprint density at radius 3 is 2.86 bits per heavy atom. The first kappa shape index (κ1) is 17.9. The van der Waals surface area contributed by atoms with Crippen LogP contribution in [0.3, 0.4) is 0 Å². The van der Waals surface area contributed by atoms with Gasteiger partial charge in [-0.05, 0) is 29.7 Å². The van der Waals surface area contributed by atoms with Crippen LogP contribution in [0.4, 0.5) is 0 Å². The summed E-state index contributed by atoms with van der Waals surface area (Å²) in [5, 5.41) is 20.8. The molecule has 3 heterocycles. The van der Waals surface area contributed by atoms with E-state index in [9.17, 15) is 5.11 Å². The minimum Gasteiger partial charge on any atom is -0.493 e. The molecule has 0 aliphatic carbocycles. The number of aliphatic hydroxyl groups is 1. The summed E-state index contributed by atoms with van der Waals surface area (Å²) in [6.07, 6.45) is 4.01. The molecule has 0 radical (unpaired) electrons. The molecule has 148 valence electrons. The number of ether oxygens (including phenoxy) is 1. The number of aliphatic hydroxyl groups excluding tert-OH is 1. The molecule has 2 aromatic carbocycles. The highest BCUT2D eigenvalue weighted by atomic mass is 16.5. The van der Waals surface area contributed by atoms with Crippen LogP contribution in [0.25, 0.3) is 16.6 Å². The zero-order valence-electron chi connectivity index (χ0n) is 16.3. The van der Waals surface area contributed by atoms with E-state index in [0.29, 0.717) is 19.4 Å². The third kappa shape index (κ3) is 3.27. The summed E-state index contributed by atoms with van der Waals surface area (Å²) < 4.78 is 9.73. The average Bonchev–Trinajstić information content (AvgIpc) is 3.38. The molecular weight excluding hydrogens is 366 g/mol. The molecule has 0 spiro atoms. The highest BCUT2D eigenvalue weighted by Crippen LogP contribution is 2.37. The van der Waals surface area contributed by atoms with E-state index in [4.69, 9.17) is 9.72 Å². The molecule has 29 heavy (non-hydrogen) atoms. The predicted molar refractivity (Wildman–Crippen MR) is 109 cm³/mol. The normalized spacial score (nSPS) is 16.0. The van der Waals surface area contributed by atoms with Gasteiger partial charge >= 0.3 is 0 Å². The van der Waals surface area contributed by atoms with E-state index in [-0.39, 0.29) is 12.5 Å². The minimum atomic E-state index is 0.0747. The minimum absolute atomic E-state index is 0.0747. The van der Waals surface area contributed by atoms with E-state index in [1.165, 1.54) is 16.3 Å². The van der Waals surface area contributed by atoms with E-state index >= 15 is 0 Å². The van der Waals surface area contributed by atoms with Crippen LogP contribution < -0.4 is 4.74 Å². The number of hydrogen-bond donors (Lipinski definition) is 1. The van der Waals surface area contributed by atoms with Gasteiger partial charge in [0.15, 0.2) is 11.6 Å². The molecule has 0 amide bonds. The number of nitrogens with zero attached hydrogens (tertiary/aromatic N) is 5. The standard InChI is InChI=1S/C22H23N5O2/c1-26-11-10-21(25-26)27-22(23-20(24-27)7-4-12-28)16-13-18-17-6-3-2-5-15(17)8-9-19(18)29-14-16/h2-3,5-6,8-11,16,28H,4,7,12-14H2,1H3. The van der Waals surface area contributed by atoms with Crippen LogP contribution in [0.2, 0.25) is 0 Å². The Bertz CT molecular complexity index is 1160. The smallest absolute Gasteiger partial charge is 0.177 e. The topological polar surface area (TPSA) is 78.0 Å². The fourth-order valence-electron chi connectivity index (χ4n) is 3.98. The SMILES string of the molecule is Cn1ccc(-n2nc(CCCO)nc2C2COc3ccc4ccccc4c3C2)n1.